The summed E-state index contributed by atoms with van der Waals surface area (Å²) >= 11 is 0. The molecule has 0 aromatic heterocycles. The van der Waals surface area contributed by atoms with Gasteiger partial charge < -0.3 is 10.1 Å². The summed E-state index contributed by atoms with van der Waals surface area (Å²) in [7, 11) is 1.75. The van der Waals surface area contributed by atoms with Crippen LogP contribution in [0.25, 0.3) is 0 Å². The highest BCUT2D eigenvalue weighted by Gasteiger charge is 2.12. The first-order chi connectivity index (χ1) is 7.47. The van der Waals surface area contributed by atoms with Gasteiger partial charge in [0.15, 0.2) is 0 Å². The van der Waals surface area contributed by atoms with E-state index in [0.717, 1.165) is 12.3 Å². The molecule has 0 aliphatic heterocycles. The van der Waals surface area contributed by atoms with Gasteiger partial charge in [-0.1, -0.05) is 19.9 Å². The zero-order valence-electron chi connectivity index (χ0n) is 11.3. The molecular formula is C14H23NO. The molecule has 0 fully saturated rings. The number of nitrogens with one attached hydrogen (secondary N) is 1. The molecule has 2 heteroatoms. The minimum Gasteiger partial charge on any atom is -0.496 e. The highest BCUT2D eigenvalue weighted by atomic mass is 16.5. The SMILES string of the molecule is COc1c(C)c(C)cc(C)c1CNC(C)C. The average Bonchev–Trinajstić information content (AvgIpc) is 2.21. The third-order valence-electron chi connectivity index (χ3n) is 3.01. The Hall–Kier alpha value is -1.02. The van der Waals surface area contributed by atoms with Gasteiger partial charge in [-0.05, 0) is 37.5 Å². The van der Waals surface area contributed by atoms with Crippen molar-refractivity contribution in [2.24, 2.45) is 0 Å². The number of hydrogen-bond acceptors (Lipinski definition) is 2. The Labute approximate surface area is 99.0 Å². The zero-order valence-corrected chi connectivity index (χ0v) is 11.3. The van der Waals surface area contributed by atoms with Crippen molar-refractivity contribution >= 4 is 0 Å². The molecule has 0 amide bonds. The summed E-state index contributed by atoms with van der Waals surface area (Å²) in [5.74, 6) is 1.03. The van der Waals surface area contributed by atoms with Crippen LogP contribution < -0.4 is 10.1 Å². The maximum atomic E-state index is 5.53. The van der Waals surface area contributed by atoms with E-state index >= 15 is 0 Å². The van der Waals surface area contributed by atoms with Crippen molar-refractivity contribution in [1.82, 2.24) is 5.32 Å². The molecule has 0 unspecified atom stereocenters. The minimum absolute atomic E-state index is 0.491. The predicted octanol–water partition coefficient (Wildman–Crippen LogP) is 3.12. The molecule has 1 N–H and O–H groups in total. The first-order valence-electron chi connectivity index (χ1n) is 5.84. The predicted molar refractivity (Wildman–Crippen MR) is 69.2 cm³/mol. The molecule has 90 valence electrons. The maximum Gasteiger partial charge on any atom is 0.126 e. The van der Waals surface area contributed by atoms with E-state index in [-0.39, 0.29) is 0 Å². The Morgan fingerprint density at radius 1 is 1.19 bits per heavy atom. The third-order valence-corrected chi connectivity index (χ3v) is 3.01. The maximum absolute atomic E-state index is 5.53. The fourth-order valence-corrected chi connectivity index (χ4v) is 1.91. The summed E-state index contributed by atoms with van der Waals surface area (Å²) < 4.78 is 5.53. The summed E-state index contributed by atoms with van der Waals surface area (Å²) in [5, 5.41) is 3.44. The molecule has 0 saturated carbocycles. The van der Waals surface area contributed by atoms with Crippen molar-refractivity contribution in [3.8, 4) is 5.75 Å². The topological polar surface area (TPSA) is 21.3 Å². The molecule has 0 radical (unpaired) electrons. The first-order valence-corrected chi connectivity index (χ1v) is 5.84. The lowest BCUT2D eigenvalue weighted by Gasteiger charge is -2.18. The minimum atomic E-state index is 0.491. The molecule has 0 heterocycles. The molecule has 0 aliphatic carbocycles. The highest BCUT2D eigenvalue weighted by Crippen LogP contribution is 2.29. The normalized spacial score (nSPS) is 10.9. The number of rotatable bonds is 4. The second-order valence-corrected chi connectivity index (χ2v) is 4.68. The number of hydrogen-bond donors (Lipinski definition) is 1. The van der Waals surface area contributed by atoms with E-state index in [1.807, 2.05) is 0 Å². The quantitative estimate of drug-likeness (QED) is 0.843. The summed E-state index contributed by atoms with van der Waals surface area (Å²) in [4.78, 5) is 0. The van der Waals surface area contributed by atoms with Crippen molar-refractivity contribution in [3.63, 3.8) is 0 Å². The Morgan fingerprint density at radius 3 is 2.31 bits per heavy atom. The van der Waals surface area contributed by atoms with Crippen molar-refractivity contribution in [1.29, 1.82) is 0 Å². The van der Waals surface area contributed by atoms with E-state index in [4.69, 9.17) is 4.74 Å². The number of aryl methyl sites for hydroxylation is 2. The van der Waals surface area contributed by atoms with Gasteiger partial charge in [-0.3, -0.25) is 0 Å². The highest BCUT2D eigenvalue weighted by molar-refractivity contribution is 5.49. The molecule has 1 rings (SSSR count). The van der Waals surface area contributed by atoms with Crippen LogP contribution >= 0.6 is 0 Å². The molecule has 0 bridgehead atoms. The summed E-state index contributed by atoms with van der Waals surface area (Å²) in [6, 6.07) is 2.72. The van der Waals surface area contributed by atoms with Crippen molar-refractivity contribution in [2.45, 2.75) is 47.2 Å². The van der Waals surface area contributed by atoms with Crippen LogP contribution in [0, 0.1) is 20.8 Å². The van der Waals surface area contributed by atoms with E-state index in [9.17, 15) is 0 Å². The van der Waals surface area contributed by atoms with Crippen LogP contribution in [-0.4, -0.2) is 13.2 Å². The molecule has 1 aromatic rings. The molecule has 0 saturated heterocycles. The molecule has 0 spiro atoms. The van der Waals surface area contributed by atoms with Gasteiger partial charge in [0.05, 0.1) is 7.11 Å². The lowest BCUT2D eigenvalue weighted by atomic mass is 9.99. The van der Waals surface area contributed by atoms with Crippen molar-refractivity contribution in [3.05, 3.63) is 28.3 Å². The largest absolute Gasteiger partial charge is 0.496 e. The Morgan fingerprint density at radius 2 is 1.81 bits per heavy atom. The fraction of sp³-hybridized carbons (Fsp3) is 0.571. The monoisotopic (exact) mass is 221 g/mol. The van der Waals surface area contributed by atoms with E-state index < -0.39 is 0 Å². The first kappa shape index (κ1) is 13.0. The second kappa shape index (κ2) is 5.35. The number of methoxy groups -OCH3 is 1. The Bertz CT molecular complexity index is 369. The van der Waals surface area contributed by atoms with Crippen LogP contribution in [0.1, 0.15) is 36.1 Å². The molecule has 16 heavy (non-hydrogen) atoms. The van der Waals surface area contributed by atoms with Gasteiger partial charge in [0.1, 0.15) is 5.75 Å². The van der Waals surface area contributed by atoms with E-state index in [1.54, 1.807) is 7.11 Å². The molecule has 2 nitrogen and oxygen atoms in total. The molecule has 1 aromatic carbocycles. The van der Waals surface area contributed by atoms with Gasteiger partial charge in [-0.25, -0.2) is 0 Å². The standard InChI is InChI=1S/C14H23NO/c1-9(2)15-8-13-11(4)7-10(3)12(5)14(13)16-6/h7,9,15H,8H2,1-6H3. The summed E-state index contributed by atoms with van der Waals surface area (Å²) in [6.45, 7) is 11.6. The van der Waals surface area contributed by atoms with Crippen LogP contribution in [0.5, 0.6) is 5.75 Å². The van der Waals surface area contributed by atoms with E-state index in [2.05, 4.69) is 46.0 Å². The second-order valence-electron chi connectivity index (χ2n) is 4.68. The fourth-order valence-electron chi connectivity index (χ4n) is 1.91. The van der Waals surface area contributed by atoms with Gasteiger partial charge >= 0.3 is 0 Å². The van der Waals surface area contributed by atoms with Gasteiger partial charge in [0.2, 0.25) is 0 Å². The molecule has 0 atom stereocenters. The lowest BCUT2D eigenvalue weighted by molar-refractivity contribution is 0.402. The average molecular weight is 221 g/mol. The van der Waals surface area contributed by atoms with E-state index in [1.165, 1.54) is 22.3 Å². The van der Waals surface area contributed by atoms with Crippen LogP contribution in [0.2, 0.25) is 0 Å². The molecule has 0 aliphatic rings. The van der Waals surface area contributed by atoms with Gasteiger partial charge in [0.25, 0.3) is 0 Å². The smallest absolute Gasteiger partial charge is 0.126 e. The van der Waals surface area contributed by atoms with Gasteiger partial charge in [0, 0.05) is 18.2 Å². The lowest BCUT2D eigenvalue weighted by Crippen LogP contribution is -2.23. The summed E-state index contributed by atoms with van der Waals surface area (Å²) in [5.41, 5.74) is 5.11. The third kappa shape index (κ3) is 2.76. The van der Waals surface area contributed by atoms with Crippen LogP contribution in [0.3, 0.4) is 0 Å². The Balaban J connectivity index is 3.10. The van der Waals surface area contributed by atoms with Crippen LogP contribution in [0.15, 0.2) is 6.07 Å². The van der Waals surface area contributed by atoms with Gasteiger partial charge in [-0.15, -0.1) is 0 Å². The van der Waals surface area contributed by atoms with Crippen LogP contribution in [0.4, 0.5) is 0 Å². The van der Waals surface area contributed by atoms with Gasteiger partial charge in [-0.2, -0.15) is 0 Å². The Kier molecular flexibility index (Phi) is 4.36. The number of benzene rings is 1. The number of ether oxygens (including phenoxy) is 1. The molecular weight excluding hydrogens is 198 g/mol. The zero-order chi connectivity index (χ0) is 12.3. The van der Waals surface area contributed by atoms with Crippen molar-refractivity contribution < 1.29 is 4.74 Å². The van der Waals surface area contributed by atoms with Crippen LogP contribution in [-0.2, 0) is 6.54 Å². The van der Waals surface area contributed by atoms with E-state index in [0.29, 0.717) is 6.04 Å². The summed E-state index contributed by atoms with van der Waals surface area (Å²) in [6.07, 6.45) is 0. The van der Waals surface area contributed by atoms with Crippen molar-refractivity contribution in [2.75, 3.05) is 7.11 Å².